The number of rotatable bonds is 6. The maximum Gasteiger partial charge on any atom is 0.191 e. The maximum atomic E-state index is 10.2. The lowest BCUT2D eigenvalue weighted by atomic mass is 9.80. The molecule has 0 unspecified atom stereocenters. The minimum absolute atomic E-state index is 0. The first-order valence-electron chi connectivity index (χ1n) is 8.95. The molecular formula is C17H35IN4O. The monoisotopic (exact) mass is 438 g/mol. The molecule has 0 radical (unpaired) electrons. The Balaban J connectivity index is 0.00000264. The van der Waals surface area contributed by atoms with Crippen LogP contribution in [0.2, 0.25) is 0 Å². The topological polar surface area (TPSA) is 59.9 Å². The number of hydrogen-bond donors (Lipinski definition) is 3. The van der Waals surface area contributed by atoms with Crippen LogP contribution >= 0.6 is 24.0 Å². The molecule has 0 aromatic heterocycles. The Kier molecular flexibility index (Phi) is 8.58. The van der Waals surface area contributed by atoms with Crippen LogP contribution in [0.3, 0.4) is 0 Å². The second-order valence-electron chi connectivity index (χ2n) is 7.49. The molecule has 1 heterocycles. The molecule has 0 amide bonds. The van der Waals surface area contributed by atoms with Gasteiger partial charge < -0.3 is 15.7 Å². The molecular weight excluding hydrogens is 403 g/mol. The predicted octanol–water partition coefficient (Wildman–Crippen LogP) is 2.34. The Morgan fingerprint density at radius 2 is 1.78 bits per heavy atom. The molecule has 5 nitrogen and oxygen atoms in total. The third-order valence-electron chi connectivity index (χ3n) is 5.05. The van der Waals surface area contributed by atoms with Crippen molar-refractivity contribution in [2.24, 2.45) is 4.99 Å². The van der Waals surface area contributed by atoms with Crippen LogP contribution in [0.4, 0.5) is 0 Å². The molecule has 0 atom stereocenters. The predicted molar refractivity (Wildman–Crippen MR) is 108 cm³/mol. The first-order chi connectivity index (χ1) is 10.5. The zero-order valence-electron chi connectivity index (χ0n) is 15.0. The average molecular weight is 438 g/mol. The lowest BCUT2D eigenvalue weighted by molar-refractivity contribution is -0.0279. The molecule has 2 rings (SSSR count). The van der Waals surface area contributed by atoms with E-state index in [1.165, 1.54) is 32.4 Å². The Labute approximate surface area is 158 Å². The van der Waals surface area contributed by atoms with Gasteiger partial charge in [0.05, 0.1) is 12.1 Å². The smallest absolute Gasteiger partial charge is 0.191 e. The van der Waals surface area contributed by atoms with Crippen molar-refractivity contribution in [3.05, 3.63) is 0 Å². The first kappa shape index (κ1) is 21.0. The van der Waals surface area contributed by atoms with E-state index in [1.54, 1.807) is 0 Å². The zero-order valence-corrected chi connectivity index (χ0v) is 17.4. The maximum absolute atomic E-state index is 10.2. The molecule has 0 aromatic rings. The highest BCUT2D eigenvalue weighted by molar-refractivity contribution is 14.0. The standard InChI is InChI=1S/C17H34N4O.HI/c1-4-18-15(20-14-17(22)9-8-10-17)19-13-16(2,3)21-11-6-5-7-12-21;/h22H,4-14H2,1-3H3,(H2,18,19,20);1H. The lowest BCUT2D eigenvalue weighted by Crippen LogP contribution is -2.52. The Hall–Kier alpha value is -0.0800. The highest BCUT2D eigenvalue weighted by Crippen LogP contribution is 2.30. The summed E-state index contributed by atoms with van der Waals surface area (Å²) in [5.41, 5.74) is -0.422. The number of aliphatic imine (C=N–C) groups is 1. The van der Waals surface area contributed by atoms with Gasteiger partial charge in [0.15, 0.2) is 5.96 Å². The fourth-order valence-electron chi connectivity index (χ4n) is 3.22. The first-order valence-corrected chi connectivity index (χ1v) is 8.95. The van der Waals surface area contributed by atoms with E-state index >= 15 is 0 Å². The Morgan fingerprint density at radius 1 is 1.13 bits per heavy atom. The molecule has 3 N–H and O–H groups in total. The van der Waals surface area contributed by atoms with Crippen LogP contribution in [0.5, 0.6) is 0 Å². The summed E-state index contributed by atoms with van der Waals surface area (Å²) in [6.07, 6.45) is 6.90. The summed E-state index contributed by atoms with van der Waals surface area (Å²) in [5.74, 6) is 0.827. The quantitative estimate of drug-likeness (QED) is 0.339. The number of piperidine rings is 1. The van der Waals surface area contributed by atoms with E-state index in [-0.39, 0.29) is 29.5 Å². The van der Waals surface area contributed by atoms with Crippen molar-refractivity contribution < 1.29 is 5.11 Å². The van der Waals surface area contributed by atoms with Crippen molar-refractivity contribution in [3.63, 3.8) is 0 Å². The van der Waals surface area contributed by atoms with Gasteiger partial charge in [-0.1, -0.05) is 6.42 Å². The Bertz CT molecular complexity index is 377. The van der Waals surface area contributed by atoms with Crippen molar-refractivity contribution in [2.45, 2.75) is 70.4 Å². The van der Waals surface area contributed by atoms with Gasteiger partial charge in [0.25, 0.3) is 0 Å². The van der Waals surface area contributed by atoms with E-state index in [0.29, 0.717) is 6.54 Å². The normalized spacial score (nSPS) is 22.0. The minimum Gasteiger partial charge on any atom is -0.388 e. The summed E-state index contributed by atoms with van der Waals surface area (Å²) in [6.45, 7) is 11.2. The number of aliphatic hydroxyl groups is 1. The summed E-state index contributed by atoms with van der Waals surface area (Å²) in [7, 11) is 0. The summed E-state index contributed by atoms with van der Waals surface area (Å²) in [5, 5.41) is 16.8. The van der Waals surface area contributed by atoms with Crippen molar-refractivity contribution in [1.29, 1.82) is 0 Å². The number of hydrogen-bond acceptors (Lipinski definition) is 3. The molecule has 1 saturated carbocycles. The van der Waals surface area contributed by atoms with Crippen molar-refractivity contribution >= 4 is 29.9 Å². The highest BCUT2D eigenvalue weighted by Gasteiger charge is 2.34. The molecule has 1 aliphatic carbocycles. The average Bonchev–Trinajstić information content (AvgIpc) is 2.49. The lowest BCUT2D eigenvalue weighted by Gasteiger charge is -2.40. The van der Waals surface area contributed by atoms with Crippen LogP contribution in [0, 0.1) is 0 Å². The van der Waals surface area contributed by atoms with Crippen molar-refractivity contribution in [1.82, 2.24) is 15.5 Å². The molecule has 0 bridgehead atoms. The van der Waals surface area contributed by atoms with Gasteiger partial charge in [-0.3, -0.25) is 9.89 Å². The second-order valence-corrected chi connectivity index (χ2v) is 7.49. The molecule has 0 aromatic carbocycles. The van der Waals surface area contributed by atoms with E-state index in [0.717, 1.165) is 38.3 Å². The van der Waals surface area contributed by atoms with Gasteiger partial charge in [-0.05, 0) is 66.0 Å². The zero-order chi connectivity index (χ0) is 16.1. The van der Waals surface area contributed by atoms with Crippen LogP contribution < -0.4 is 10.6 Å². The molecule has 0 spiro atoms. The SMILES string of the molecule is CCNC(=NCC(C)(C)N1CCCCC1)NCC1(O)CCC1.I. The second kappa shape index (κ2) is 9.42. The van der Waals surface area contributed by atoms with Crippen LogP contribution in [0.1, 0.15) is 59.3 Å². The van der Waals surface area contributed by atoms with E-state index in [2.05, 4.69) is 36.3 Å². The summed E-state index contributed by atoms with van der Waals surface area (Å²) in [6, 6.07) is 0. The molecule has 1 aliphatic heterocycles. The van der Waals surface area contributed by atoms with Crippen LogP contribution in [0.15, 0.2) is 4.99 Å². The number of nitrogens with zero attached hydrogens (tertiary/aromatic N) is 2. The molecule has 6 heteroatoms. The van der Waals surface area contributed by atoms with E-state index in [4.69, 9.17) is 4.99 Å². The van der Waals surface area contributed by atoms with E-state index in [9.17, 15) is 5.11 Å². The number of guanidine groups is 1. The van der Waals surface area contributed by atoms with Crippen molar-refractivity contribution in [2.75, 3.05) is 32.7 Å². The molecule has 2 aliphatic rings. The van der Waals surface area contributed by atoms with Gasteiger partial charge in [0.1, 0.15) is 0 Å². The van der Waals surface area contributed by atoms with Crippen LogP contribution in [-0.4, -0.2) is 59.8 Å². The molecule has 1 saturated heterocycles. The van der Waals surface area contributed by atoms with Gasteiger partial charge in [-0.25, -0.2) is 0 Å². The van der Waals surface area contributed by atoms with Crippen LogP contribution in [0.25, 0.3) is 0 Å². The largest absolute Gasteiger partial charge is 0.388 e. The molecule has 23 heavy (non-hydrogen) atoms. The fourth-order valence-corrected chi connectivity index (χ4v) is 3.22. The van der Waals surface area contributed by atoms with E-state index < -0.39 is 5.60 Å². The number of likely N-dealkylation sites (tertiary alicyclic amines) is 1. The number of nitrogens with one attached hydrogen (secondary N) is 2. The molecule has 2 fully saturated rings. The summed E-state index contributed by atoms with van der Waals surface area (Å²) < 4.78 is 0. The van der Waals surface area contributed by atoms with E-state index in [1.807, 2.05) is 0 Å². The van der Waals surface area contributed by atoms with Gasteiger partial charge in [-0.2, -0.15) is 0 Å². The third kappa shape index (κ3) is 6.38. The fraction of sp³-hybridized carbons (Fsp3) is 0.941. The summed E-state index contributed by atoms with van der Waals surface area (Å²) in [4.78, 5) is 7.32. The van der Waals surface area contributed by atoms with Gasteiger partial charge in [0, 0.05) is 18.6 Å². The van der Waals surface area contributed by atoms with Gasteiger partial charge in [-0.15, -0.1) is 24.0 Å². The summed E-state index contributed by atoms with van der Waals surface area (Å²) >= 11 is 0. The third-order valence-corrected chi connectivity index (χ3v) is 5.05. The molecule has 136 valence electrons. The number of halogens is 1. The Morgan fingerprint density at radius 3 is 2.30 bits per heavy atom. The minimum atomic E-state index is -0.515. The van der Waals surface area contributed by atoms with Crippen LogP contribution in [-0.2, 0) is 0 Å². The van der Waals surface area contributed by atoms with Crippen molar-refractivity contribution in [3.8, 4) is 0 Å². The van der Waals surface area contributed by atoms with Gasteiger partial charge >= 0.3 is 0 Å². The van der Waals surface area contributed by atoms with Gasteiger partial charge in [0.2, 0.25) is 0 Å². The highest BCUT2D eigenvalue weighted by atomic mass is 127.